The van der Waals surface area contributed by atoms with E-state index >= 15 is 0 Å². The van der Waals surface area contributed by atoms with Crippen LogP contribution in [0.2, 0.25) is 0 Å². The van der Waals surface area contributed by atoms with E-state index in [1.165, 1.54) is 19.3 Å². The number of rotatable bonds is 4. The predicted octanol–water partition coefficient (Wildman–Crippen LogP) is 1.38. The summed E-state index contributed by atoms with van der Waals surface area (Å²) in [6.45, 7) is 0.772. The van der Waals surface area contributed by atoms with Gasteiger partial charge in [0.05, 0.1) is 5.69 Å². The van der Waals surface area contributed by atoms with Crippen LogP contribution in [0.15, 0.2) is 18.2 Å². The highest BCUT2D eigenvalue weighted by molar-refractivity contribution is 7.90. The number of nitrogens with two attached hydrogens (primary N) is 1. The minimum Gasteiger partial charge on any atom is -0.312 e. The summed E-state index contributed by atoms with van der Waals surface area (Å²) < 4.78 is 24.4. The molecule has 1 aliphatic heterocycles. The fraction of sp³-hybridized carbons (Fsp3) is 0.500. The lowest BCUT2D eigenvalue weighted by Crippen LogP contribution is -2.40. The predicted molar refractivity (Wildman–Crippen MR) is 81.2 cm³/mol. The molecule has 6 nitrogen and oxygen atoms in total. The summed E-state index contributed by atoms with van der Waals surface area (Å²) in [6, 6.07) is 5.22. The highest BCUT2D eigenvalue weighted by Gasteiger charge is 2.29. The molecule has 0 aromatic heterocycles. The summed E-state index contributed by atoms with van der Waals surface area (Å²) in [5.74, 6) is 0.753. The molecule has 0 bridgehead atoms. The Kier molecular flexibility index (Phi) is 3.62. The van der Waals surface area contributed by atoms with E-state index in [1.54, 1.807) is 18.2 Å². The van der Waals surface area contributed by atoms with Crippen molar-refractivity contribution in [1.29, 1.82) is 0 Å². The van der Waals surface area contributed by atoms with Crippen molar-refractivity contribution in [3.8, 4) is 0 Å². The second-order valence-electron chi connectivity index (χ2n) is 5.79. The lowest BCUT2D eigenvalue weighted by Gasteiger charge is -2.35. The van der Waals surface area contributed by atoms with Gasteiger partial charge < -0.3 is 4.90 Å². The Labute approximate surface area is 124 Å². The van der Waals surface area contributed by atoms with E-state index < -0.39 is 10.2 Å². The van der Waals surface area contributed by atoms with Crippen LogP contribution >= 0.6 is 0 Å². The third-order valence-electron chi connectivity index (χ3n) is 4.21. The van der Waals surface area contributed by atoms with Crippen LogP contribution in [0.3, 0.4) is 0 Å². The molecule has 1 fully saturated rings. The second-order valence-corrected chi connectivity index (χ2v) is 7.09. The minimum absolute atomic E-state index is 0.154. The monoisotopic (exact) mass is 309 g/mol. The zero-order chi connectivity index (χ0) is 15.0. The SMILES string of the molecule is NS(=O)(=O)Nc1ccc2c(c1)CCC(=O)N2CC1CCC1. The van der Waals surface area contributed by atoms with Crippen molar-refractivity contribution in [3.05, 3.63) is 23.8 Å². The third kappa shape index (κ3) is 3.19. The van der Waals surface area contributed by atoms with Gasteiger partial charge in [-0.25, -0.2) is 5.14 Å². The maximum absolute atomic E-state index is 12.1. The van der Waals surface area contributed by atoms with Crippen molar-refractivity contribution in [1.82, 2.24) is 0 Å². The Hall–Kier alpha value is -1.60. The molecular formula is C14H19N3O3S. The van der Waals surface area contributed by atoms with Crippen molar-refractivity contribution >= 4 is 27.5 Å². The molecule has 0 radical (unpaired) electrons. The summed E-state index contributed by atoms with van der Waals surface area (Å²) >= 11 is 0. The molecule has 7 heteroatoms. The van der Waals surface area contributed by atoms with Crippen LogP contribution in [0.1, 0.15) is 31.2 Å². The van der Waals surface area contributed by atoms with Gasteiger partial charge in [-0.15, -0.1) is 0 Å². The highest BCUT2D eigenvalue weighted by atomic mass is 32.2. The number of carbonyl (C=O) groups excluding carboxylic acids is 1. The molecule has 114 valence electrons. The number of amides is 1. The van der Waals surface area contributed by atoms with Crippen molar-refractivity contribution in [2.75, 3.05) is 16.2 Å². The van der Waals surface area contributed by atoms with Gasteiger partial charge in [-0.05, 0) is 48.9 Å². The lowest BCUT2D eigenvalue weighted by molar-refractivity contribution is -0.119. The molecule has 2 aliphatic rings. The number of anilines is 2. The summed E-state index contributed by atoms with van der Waals surface area (Å²) in [4.78, 5) is 14.0. The van der Waals surface area contributed by atoms with Crippen LogP contribution in [0.25, 0.3) is 0 Å². The number of hydrogen-bond donors (Lipinski definition) is 2. The average Bonchev–Trinajstić information content (AvgIpc) is 2.33. The molecule has 3 rings (SSSR count). The van der Waals surface area contributed by atoms with Crippen LogP contribution in [0, 0.1) is 5.92 Å². The van der Waals surface area contributed by atoms with Gasteiger partial charge in [0.1, 0.15) is 0 Å². The number of fused-ring (bicyclic) bond motifs is 1. The molecule has 1 aromatic rings. The van der Waals surface area contributed by atoms with Crippen LogP contribution in [0.5, 0.6) is 0 Å². The number of aryl methyl sites for hydroxylation is 1. The Balaban J connectivity index is 1.86. The Morgan fingerprint density at radius 1 is 1.29 bits per heavy atom. The summed E-state index contributed by atoms with van der Waals surface area (Å²) in [5, 5.41) is 4.98. The molecule has 1 aliphatic carbocycles. The molecule has 1 aromatic carbocycles. The maximum atomic E-state index is 12.1. The summed E-state index contributed by atoms with van der Waals surface area (Å²) in [7, 11) is -3.77. The van der Waals surface area contributed by atoms with Gasteiger partial charge in [0.15, 0.2) is 0 Å². The minimum atomic E-state index is -3.77. The van der Waals surface area contributed by atoms with Gasteiger partial charge in [-0.1, -0.05) is 6.42 Å². The molecule has 3 N–H and O–H groups in total. The molecule has 1 amide bonds. The smallest absolute Gasteiger partial charge is 0.296 e. The van der Waals surface area contributed by atoms with Gasteiger partial charge in [0, 0.05) is 18.7 Å². The average molecular weight is 309 g/mol. The van der Waals surface area contributed by atoms with E-state index in [0.29, 0.717) is 24.4 Å². The van der Waals surface area contributed by atoms with Gasteiger partial charge in [-0.2, -0.15) is 8.42 Å². The van der Waals surface area contributed by atoms with Crippen molar-refractivity contribution in [2.45, 2.75) is 32.1 Å². The van der Waals surface area contributed by atoms with Gasteiger partial charge in [0.2, 0.25) is 5.91 Å². The fourth-order valence-corrected chi connectivity index (χ4v) is 3.38. The Bertz CT molecular complexity index is 668. The van der Waals surface area contributed by atoms with Crippen molar-refractivity contribution < 1.29 is 13.2 Å². The first-order valence-corrected chi connectivity index (χ1v) is 8.71. The molecular weight excluding hydrogens is 290 g/mol. The largest absolute Gasteiger partial charge is 0.312 e. The Morgan fingerprint density at radius 3 is 2.67 bits per heavy atom. The third-order valence-corrected chi connectivity index (χ3v) is 4.73. The number of benzene rings is 1. The lowest BCUT2D eigenvalue weighted by atomic mass is 9.84. The van der Waals surface area contributed by atoms with Crippen LogP contribution < -0.4 is 14.8 Å². The standard InChI is InChI=1S/C14H19N3O3S/c15-21(19,20)16-12-5-6-13-11(8-12)4-7-14(18)17(13)9-10-2-1-3-10/h5-6,8,10,16H,1-4,7,9H2,(H2,15,19,20). The van der Waals surface area contributed by atoms with E-state index in [0.717, 1.165) is 17.8 Å². The first-order chi connectivity index (χ1) is 9.92. The van der Waals surface area contributed by atoms with E-state index in [2.05, 4.69) is 4.72 Å². The summed E-state index contributed by atoms with van der Waals surface area (Å²) in [6.07, 6.45) is 4.72. The fourth-order valence-electron chi connectivity index (χ4n) is 2.92. The van der Waals surface area contributed by atoms with E-state index in [-0.39, 0.29) is 5.91 Å². The summed E-state index contributed by atoms with van der Waals surface area (Å²) in [5.41, 5.74) is 2.33. The number of carbonyl (C=O) groups is 1. The van der Waals surface area contributed by atoms with Gasteiger partial charge >= 0.3 is 0 Å². The molecule has 0 spiro atoms. The van der Waals surface area contributed by atoms with Crippen LogP contribution in [-0.4, -0.2) is 20.9 Å². The molecule has 1 heterocycles. The second kappa shape index (κ2) is 5.31. The van der Waals surface area contributed by atoms with Gasteiger partial charge in [0.25, 0.3) is 10.2 Å². The van der Waals surface area contributed by atoms with Gasteiger partial charge in [-0.3, -0.25) is 9.52 Å². The topological polar surface area (TPSA) is 92.5 Å². The van der Waals surface area contributed by atoms with Crippen molar-refractivity contribution in [2.24, 2.45) is 11.1 Å². The number of nitrogens with one attached hydrogen (secondary N) is 1. The highest BCUT2D eigenvalue weighted by Crippen LogP contribution is 2.34. The maximum Gasteiger partial charge on any atom is 0.296 e. The number of hydrogen-bond acceptors (Lipinski definition) is 3. The molecule has 0 unspecified atom stereocenters. The van der Waals surface area contributed by atoms with E-state index in [1.807, 2.05) is 4.90 Å². The normalized spacial score (nSPS) is 19.1. The van der Waals surface area contributed by atoms with Crippen molar-refractivity contribution in [3.63, 3.8) is 0 Å². The zero-order valence-electron chi connectivity index (χ0n) is 11.7. The first-order valence-electron chi connectivity index (χ1n) is 7.16. The molecule has 1 saturated carbocycles. The Morgan fingerprint density at radius 2 is 2.05 bits per heavy atom. The number of nitrogens with zero attached hydrogens (tertiary/aromatic N) is 1. The van der Waals surface area contributed by atoms with Crippen LogP contribution in [-0.2, 0) is 21.4 Å². The van der Waals surface area contributed by atoms with Crippen LogP contribution in [0.4, 0.5) is 11.4 Å². The van der Waals surface area contributed by atoms with E-state index in [4.69, 9.17) is 5.14 Å². The van der Waals surface area contributed by atoms with E-state index in [9.17, 15) is 13.2 Å². The molecule has 21 heavy (non-hydrogen) atoms. The first kappa shape index (κ1) is 14.3. The quantitative estimate of drug-likeness (QED) is 0.880. The zero-order valence-corrected chi connectivity index (χ0v) is 12.5. The molecule has 0 saturated heterocycles. The molecule has 0 atom stereocenters.